The van der Waals surface area contributed by atoms with Gasteiger partial charge in [-0.25, -0.2) is 23.7 Å². The first-order chi connectivity index (χ1) is 17.4. The summed E-state index contributed by atoms with van der Waals surface area (Å²) >= 11 is 0. The van der Waals surface area contributed by atoms with Crippen molar-refractivity contribution in [3.63, 3.8) is 0 Å². The standard InChI is InChI=1S/C23H26N4O6S.CH2O2/c1-22(20(29)25-31,34(2,32)33)9-10-26-14-19-11-16(13-27(19)21(26)30)3-5-18-6-4-17(12-24-18)23(15-28)7-8-23;2-1-3/h4,6,11-13,28,31H,7-10,14-15H2,1-2H3,(H,25,29);1H,(H,2,3)/t22-;/m1./s1. The lowest BCUT2D eigenvalue weighted by Gasteiger charge is -2.27. The molecule has 4 rings (SSSR count). The van der Waals surface area contributed by atoms with Gasteiger partial charge in [-0.3, -0.25) is 19.4 Å². The highest BCUT2D eigenvalue weighted by Gasteiger charge is 2.45. The number of carbonyl (C=O) groups is 3. The van der Waals surface area contributed by atoms with Crippen molar-refractivity contribution in [3.8, 4) is 11.8 Å². The van der Waals surface area contributed by atoms with Crippen molar-refractivity contribution in [3.05, 3.63) is 53.1 Å². The molecule has 12 nitrogen and oxygen atoms in total. The molecular formula is C24H28N4O8S. The molecule has 0 spiro atoms. The maximum absolute atomic E-state index is 12.8. The van der Waals surface area contributed by atoms with Crippen LogP contribution in [0.3, 0.4) is 0 Å². The molecule has 1 saturated carbocycles. The average molecular weight is 533 g/mol. The van der Waals surface area contributed by atoms with Gasteiger partial charge in [0.05, 0.1) is 13.2 Å². The number of sulfone groups is 1. The first-order valence-corrected chi connectivity index (χ1v) is 13.2. The number of fused-ring (bicyclic) bond motifs is 1. The van der Waals surface area contributed by atoms with Crippen LogP contribution in [-0.4, -0.2) is 80.9 Å². The van der Waals surface area contributed by atoms with Gasteiger partial charge in [0.1, 0.15) is 5.69 Å². The van der Waals surface area contributed by atoms with E-state index in [-0.39, 0.29) is 44.0 Å². The highest BCUT2D eigenvalue weighted by Crippen LogP contribution is 2.47. The number of carbonyl (C=O) groups excluding carboxylic acids is 2. The van der Waals surface area contributed by atoms with Gasteiger partial charge in [-0.15, -0.1) is 0 Å². The number of rotatable bonds is 7. The second-order valence-electron chi connectivity index (χ2n) is 9.21. The Kier molecular flexibility index (Phi) is 8.06. The summed E-state index contributed by atoms with van der Waals surface area (Å²) in [5.41, 5.74) is 4.19. The van der Waals surface area contributed by atoms with E-state index in [4.69, 9.17) is 15.1 Å². The van der Waals surface area contributed by atoms with E-state index >= 15 is 0 Å². The van der Waals surface area contributed by atoms with E-state index in [9.17, 15) is 23.1 Å². The van der Waals surface area contributed by atoms with E-state index in [1.807, 2.05) is 12.1 Å². The Morgan fingerprint density at radius 3 is 2.49 bits per heavy atom. The van der Waals surface area contributed by atoms with Crippen LogP contribution in [0.1, 0.15) is 48.7 Å². The molecule has 198 valence electrons. The second-order valence-corrected chi connectivity index (χ2v) is 11.7. The molecular weight excluding hydrogens is 504 g/mol. The van der Waals surface area contributed by atoms with Crippen molar-refractivity contribution < 1.29 is 38.2 Å². The maximum atomic E-state index is 12.8. The lowest BCUT2D eigenvalue weighted by Crippen LogP contribution is -2.50. The predicted octanol–water partition coefficient (Wildman–Crippen LogP) is 0.490. The van der Waals surface area contributed by atoms with Crippen LogP contribution in [-0.2, 0) is 31.4 Å². The van der Waals surface area contributed by atoms with Crippen molar-refractivity contribution >= 4 is 28.2 Å². The minimum atomic E-state index is -3.84. The SMILES string of the molecule is C[C@@](CCN1Cc2cc(C#Cc3ccc(C4(CO)CC4)cn3)cn2C1=O)(C(=O)NO)S(C)(=O)=O.O=CO. The number of hydrogen-bond acceptors (Lipinski definition) is 8. The molecule has 0 aromatic carbocycles. The third-order valence-corrected chi connectivity index (χ3v) is 8.88. The monoisotopic (exact) mass is 532 g/mol. The average Bonchev–Trinajstić information content (AvgIpc) is 3.49. The zero-order chi connectivity index (χ0) is 27.4. The summed E-state index contributed by atoms with van der Waals surface area (Å²) < 4.78 is 23.8. The highest BCUT2D eigenvalue weighted by atomic mass is 32.2. The molecule has 1 fully saturated rings. The van der Waals surface area contributed by atoms with Gasteiger partial charge in [-0.1, -0.05) is 12.0 Å². The van der Waals surface area contributed by atoms with Crippen LogP contribution in [0.4, 0.5) is 4.79 Å². The van der Waals surface area contributed by atoms with Crippen molar-refractivity contribution in [2.45, 2.75) is 42.9 Å². The smallest absolute Gasteiger partial charge is 0.328 e. The van der Waals surface area contributed by atoms with E-state index < -0.39 is 20.5 Å². The van der Waals surface area contributed by atoms with Crippen LogP contribution in [0, 0.1) is 11.8 Å². The van der Waals surface area contributed by atoms with E-state index in [0.29, 0.717) is 17.0 Å². The Morgan fingerprint density at radius 1 is 1.32 bits per heavy atom. The van der Waals surface area contributed by atoms with Crippen molar-refractivity contribution in [1.29, 1.82) is 0 Å². The number of hydroxylamine groups is 1. The maximum Gasteiger partial charge on any atom is 0.328 e. The quantitative estimate of drug-likeness (QED) is 0.171. The Hall–Kier alpha value is -3.73. The summed E-state index contributed by atoms with van der Waals surface area (Å²) in [6.45, 7) is 1.35. The predicted molar refractivity (Wildman–Crippen MR) is 130 cm³/mol. The van der Waals surface area contributed by atoms with Gasteiger partial charge in [0.2, 0.25) is 0 Å². The van der Waals surface area contributed by atoms with Crippen LogP contribution in [0.2, 0.25) is 0 Å². The number of hydrogen-bond donors (Lipinski definition) is 4. The largest absolute Gasteiger partial charge is 0.483 e. The molecule has 2 amide bonds. The van der Waals surface area contributed by atoms with E-state index in [2.05, 4.69) is 16.8 Å². The van der Waals surface area contributed by atoms with Crippen molar-refractivity contribution in [2.24, 2.45) is 0 Å². The summed E-state index contributed by atoms with van der Waals surface area (Å²) in [5, 5.41) is 25.4. The fourth-order valence-electron chi connectivity index (χ4n) is 4.01. The number of aliphatic hydroxyl groups is 1. The Morgan fingerprint density at radius 2 is 2.00 bits per heavy atom. The third kappa shape index (κ3) is 5.66. The first kappa shape index (κ1) is 27.9. The number of amides is 2. The molecule has 0 bridgehead atoms. The van der Waals surface area contributed by atoms with Gasteiger partial charge in [0.25, 0.3) is 12.4 Å². The molecule has 2 aromatic rings. The Balaban J connectivity index is 0.00000121. The van der Waals surface area contributed by atoms with Crippen molar-refractivity contribution in [2.75, 3.05) is 19.4 Å². The van der Waals surface area contributed by atoms with Gasteiger partial charge < -0.3 is 15.1 Å². The lowest BCUT2D eigenvalue weighted by atomic mass is 9.99. The third-order valence-electron chi connectivity index (χ3n) is 6.86. The van der Waals surface area contributed by atoms with Crippen LogP contribution in [0.25, 0.3) is 0 Å². The fourth-order valence-corrected chi connectivity index (χ4v) is 4.85. The normalized spacial score (nSPS) is 16.9. The molecule has 2 aromatic heterocycles. The topological polar surface area (TPSA) is 179 Å². The van der Waals surface area contributed by atoms with Gasteiger partial charge >= 0.3 is 6.03 Å². The molecule has 4 N–H and O–H groups in total. The molecule has 2 aliphatic rings. The number of aliphatic hydroxyl groups excluding tert-OH is 1. The van der Waals surface area contributed by atoms with Gasteiger partial charge in [-0.05, 0) is 49.8 Å². The summed E-state index contributed by atoms with van der Waals surface area (Å²) in [4.78, 5) is 38.9. The molecule has 3 heterocycles. The summed E-state index contributed by atoms with van der Waals surface area (Å²) in [7, 11) is -3.84. The minimum Gasteiger partial charge on any atom is -0.483 e. The van der Waals surface area contributed by atoms with E-state index in [1.165, 1.54) is 21.9 Å². The molecule has 0 saturated heterocycles. The number of pyridine rings is 1. The molecule has 0 unspecified atom stereocenters. The summed E-state index contributed by atoms with van der Waals surface area (Å²) in [5.74, 6) is 4.94. The number of nitrogens with zero attached hydrogens (tertiary/aromatic N) is 3. The second kappa shape index (κ2) is 10.7. The van der Waals surface area contributed by atoms with E-state index in [1.54, 1.807) is 18.5 Å². The first-order valence-electron chi connectivity index (χ1n) is 11.3. The highest BCUT2D eigenvalue weighted by molar-refractivity contribution is 7.92. The number of carboxylic acid groups (broad SMARTS) is 1. The molecule has 37 heavy (non-hydrogen) atoms. The zero-order valence-electron chi connectivity index (χ0n) is 20.3. The van der Waals surface area contributed by atoms with Crippen LogP contribution in [0.5, 0.6) is 0 Å². The van der Waals surface area contributed by atoms with Gasteiger partial charge in [0.15, 0.2) is 14.6 Å². The van der Waals surface area contributed by atoms with Crippen LogP contribution >= 0.6 is 0 Å². The van der Waals surface area contributed by atoms with Crippen LogP contribution < -0.4 is 5.48 Å². The number of nitrogens with one attached hydrogen (secondary N) is 1. The minimum absolute atomic E-state index is 0.0180. The summed E-state index contributed by atoms with van der Waals surface area (Å²) in [6, 6.07) is 5.18. The van der Waals surface area contributed by atoms with Gasteiger partial charge in [0, 0.05) is 41.9 Å². The lowest BCUT2D eigenvalue weighted by molar-refractivity contribution is -0.131. The summed E-state index contributed by atoms with van der Waals surface area (Å²) in [6.07, 6.45) is 6.03. The molecule has 13 heteroatoms. The molecule has 1 atom stereocenters. The van der Waals surface area contributed by atoms with Crippen molar-refractivity contribution in [1.82, 2.24) is 19.9 Å². The number of aromatic nitrogens is 2. The van der Waals surface area contributed by atoms with Gasteiger partial charge in [-0.2, -0.15) is 0 Å². The molecule has 1 aliphatic carbocycles. The molecule has 1 aliphatic heterocycles. The Bertz CT molecular complexity index is 1350. The Labute approximate surface area is 213 Å². The van der Waals surface area contributed by atoms with E-state index in [0.717, 1.165) is 24.7 Å². The molecule has 0 radical (unpaired) electrons. The fraction of sp³-hybridized carbons (Fsp3) is 0.417. The zero-order valence-corrected chi connectivity index (χ0v) is 21.2. The van der Waals surface area contributed by atoms with Crippen LogP contribution in [0.15, 0.2) is 30.6 Å².